The Hall–Kier alpha value is -3.65. The maximum Gasteiger partial charge on any atom is 0.294 e. The molecule has 0 aliphatic carbocycles. The first kappa shape index (κ1) is 17.4. The molecule has 7 nitrogen and oxygen atoms in total. The molecule has 142 valence electrons. The van der Waals surface area contributed by atoms with Crippen LogP contribution in [0.25, 0.3) is 34.2 Å². The summed E-state index contributed by atoms with van der Waals surface area (Å²) in [6.07, 6.45) is 3.84. The van der Waals surface area contributed by atoms with Crippen molar-refractivity contribution in [2.75, 3.05) is 0 Å². The van der Waals surface area contributed by atoms with Crippen LogP contribution in [0.15, 0.2) is 69.0 Å². The van der Waals surface area contributed by atoms with Crippen LogP contribution in [0.1, 0.15) is 17.2 Å². The van der Waals surface area contributed by atoms with Gasteiger partial charge < -0.3 is 9.40 Å². The number of furan rings is 1. The van der Waals surface area contributed by atoms with E-state index in [1.54, 1.807) is 0 Å². The first-order valence-electron chi connectivity index (χ1n) is 8.95. The molecule has 3 heterocycles. The highest BCUT2D eigenvalue weighted by Gasteiger charge is 2.13. The van der Waals surface area contributed by atoms with Crippen molar-refractivity contribution < 1.29 is 4.42 Å². The fraction of sp³-hybridized carbons (Fsp3) is 0.0476. The highest BCUT2D eigenvalue weighted by atomic mass is 32.2. The normalized spacial score (nSPS) is 11.7. The molecule has 3 aromatic heterocycles. The molecule has 5 rings (SSSR count). The van der Waals surface area contributed by atoms with Gasteiger partial charge in [0.25, 0.3) is 5.56 Å². The smallest absolute Gasteiger partial charge is 0.294 e. The largest absolute Gasteiger partial charge is 0.449 e. The predicted molar refractivity (Wildman–Crippen MR) is 113 cm³/mol. The van der Waals surface area contributed by atoms with E-state index in [0.29, 0.717) is 33.7 Å². The first-order valence-corrected chi connectivity index (χ1v) is 9.93. The van der Waals surface area contributed by atoms with E-state index in [4.69, 9.17) is 4.42 Å². The molecule has 2 aromatic carbocycles. The Bertz CT molecular complexity index is 1380. The van der Waals surface area contributed by atoms with Gasteiger partial charge in [-0.3, -0.25) is 9.89 Å². The molecule has 0 aliphatic heterocycles. The second-order valence-electron chi connectivity index (χ2n) is 6.32. The maximum absolute atomic E-state index is 12.4. The molecule has 0 atom stereocenters. The summed E-state index contributed by atoms with van der Waals surface area (Å²) in [7, 11) is 0. The number of H-pyrrole nitrogens is 2. The Morgan fingerprint density at radius 1 is 1.00 bits per heavy atom. The van der Waals surface area contributed by atoms with E-state index < -0.39 is 0 Å². The van der Waals surface area contributed by atoms with E-state index in [1.807, 2.05) is 66.7 Å². The van der Waals surface area contributed by atoms with Gasteiger partial charge in [0.05, 0.1) is 5.75 Å². The zero-order valence-electron chi connectivity index (χ0n) is 15.1. The molecule has 0 amide bonds. The van der Waals surface area contributed by atoms with Crippen molar-refractivity contribution in [1.82, 2.24) is 25.1 Å². The second kappa shape index (κ2) is 7.40. The lowest BCUT2D eigenvalue weighted by Gasteiger charge is -1.98. The number of hydrogen-bond acceptors (Lipinski definition) is 6. The van der Waals surface area contributed by atoms with Crippen molar-refractivity contribution in [3.8, 4) is 0 Å². The second-order valence-corrected chi connectivity index (χ2v) is 7.27. The van der Waals surface area contributed by atoms with E-state index in [0.717, 1.165) is 10.9 Å². The predicted octanol–water partition coefficient (Wildman–Crippen LogP) is 4.25. The van der Waals surface area contributed by atoms with Crippen LogP contribution in [-0.2, 0) is 5.75 Å². The number of rotatable bonds is 5. The molecular weight excluding hydrogens is 386 g/mol. The fourth-order valence-corrected chi connectivity index (χ4v) is 3.66. The minimum absolute atomic E-state index is 0.242. The van der Waals surface area contributed by atoms with Gasteiger partial charge in [-0.15, -0.1) is 5.10 Å². The molecule has 0 saturated carbocycles. The minimum atomic E-state index is -0.289. The average Bonchev–Trinajstić information content (AvgIpc) is 3.36. The maximum atomic E-state index is 12.4. The van der Waals surface area contributed by atoms with E-state index in [9.17, 15) is 4.79 Å². The van der Waals surface area contributed by atoms with E-state index in [-0.39, 0.29) is 11.1 Å². The molecule has 0 saturated heterocycles. The van der Waals surface area contributed by atoms with Crippen molar-refractivity contribution in [1.29, 1.82) is 0 Å². The number of thioether (sulfide) groups is 1. The Balaban J connectivity index is 1.34. The molecule has 0 bridgehead atoms. The summed E-state index contributed by atoms with van der Waals surface area (Å²) in [6, 6.07) is 17.4. The summed E-state index contributed by atoms with van der Waals surface area (Å²) in [5.41, 5.74) is 2.26. The zero-order valence-corrected chi connectivity index (χ0v) is 15.9. The number of fused-ring (bicyclic) bond motifs is 3. The van der Waals surface area contributed by atoms with Gasteiger partial charge >= 0.3 is 0 Å². The van der Waals surface area contributed by atoms with Gasteiger partial charge in [-0.25, -0.2) is 9.97 Å². The summed E-state index contributed by atoms with van der Waals surface area (Å²) in [4.78, 5) is 24.1. The van der Waals surface area contributed by atoms with Gasteiger partial charge in [0.1, 0.15) is 22.7 Å². The number of hydrogen-bond donors (Lipinski definition) is 2. The summed E-state index contributed by atoms with van der Waals surface area (Å²) in [5, 5.41) is 8.51. The van der Waals surface area contributed by atoms with Crippen LogP contribution in [-0.4, -0.2) is 25.1 Å². The number of para-hydroxylation sites is 1. The van der Waals surface area contributed by atoms with Gasteiger partial charge in [-0.2, -0.15) is 0 Å². The number of benzene rings is 2. The van der Waals surface area contributed by atoms with Crippen LogP contribution < -0.4 is 5.56 Å². The van der Waals surface area contributed by atoms with Crippen molar-refractivity contribution in [2.45, 2.75) is 10.9 Å². The molecule has 0 unspecified atom stereocenters. The van der Waals surface area contributed by atoms with Crippen molar-refractivity contribution in [2.24, 2.45) is 0 Å². The van der Waals surface area contributed by atoms with Crippen LogP contribution in [0.4, 0.5) is 0 Å². The highest BCUT2D eigenvalue weighted by molar-refractivity contribution is 7.98. The van der Waals surface area contributed by atoms with Crippen LogP contribution >= 0.6 is 11.8 Å². The quantitative estimate of drug-likeness (QED) is 0.427. The Kier molecular flexibility index (Phi) is 4.45. The highest BCUT2D eigenvalue weighted by Crippen LogP contribution is 2.25. The summed E-state index contributed by atoms with van der Waals surface area (Å²) in [6.45, 7) is 0. The van der Waals surface area contributed by atoms with Gasteiger partial charge in [0.2, 0.25) is 10.7 Å². The lowest BCUT2D eigenvalue weighted by atomic mass is 10.2. The lowest BCUT2D eigenvalue weighted by molar-refractivity contribution is 0.660. The number of nitrogens with one attached hydrogen (secondary N) is 2. The summed E-state index contributed by atoms with van der Waals surface area (Å²) in [5.74, 6) is 1.64. The van der Waals surface area contributed by atoms with Gasteiger partial charge in [0, 0.05) is 5.39 Å². The van der Waals surface area contributed by atoms with Crippen molar-refractivity contribution >= 4 is 46.0 Å². The van der Waals surface area contributed by atoms with Gasteiger partial charge in [-0.1, -0.05) is 60.3 Å². The standard InChI is InChI=1S/C21H15N5O2S/c27-20-19-18(14-8-4-5-9-15(14)28-19)22-17(23-20)12-29-21-24-16(25-26-21)11-10-13-6-2-1-3-7-13/h1-11H,12H2,(H,22,23,27)(H,24,25,26)/b11-10+. The van der Waals surface area contributed by atoms with E-state index >= 15 is 0 Å². The summed E-state index contributed by atoms with van der Waals surface area (Å²) < 4.78 is 5.62. The Morgan fingerprint density at radius 2 is 1.83 bits per heavy atom. The molecule has 8 heteroatoms. The molecule has 0 aliphatic rings. The molecule has 5 aromatic rings. The van der Waals surface area contributed by atoms with E-state index in [2.05, 4.69) is 25.1 Å². The molecule has 0 spiro atoms. The molecule has 0 radical (unpaired) electrons. The third-order valence-electron chi connectivity index (χ3n) is 4.33. The third kappa shape index (κ3) is 3.57. The van der Waals surface area contributed by atoms with Gasteiger partial charge in [-0.05, 0) is 23.8 Å². The van der Waals surface area contributed by atoms with Gasteiger partial charge in [0.15, 0.2) is 0 Å². The van der Waals surface area contributed by atoms with Crippen LogP contribution in [0.5, 0.6) is 0 Å². The molecule has 29 heavy (non-hydrogen) atoms. The summed E-state index contributed by atoms with van der Waals surface area (Å²) >= 11 is 1.39. The Labute approximate surface area is 168 Å². The SMILES string of the molecule is O=c1[nH]c(CSc2n[nH]c(/C=C/c3ccccc3)n2)nc2c1oc1ccccc12. The lowest BCUT2D eigenvalue weighted by Crippen LogP contribution is -2.10. The van der Waals surface area contributed by atoms with Crippen molar-refractivity contribution in [3.63, 3.8) is 0 Å². The zero-order chi connectivity index (χ0) is 19.6. The third-order valence-corrected chi connectivity index (χ3v) is 5.19. The van der Waals surface area contributed by atoms with Crippen LogP contribution in [0.2, 0.25) is 0 Å². The van der Waals surface area contributed by atoms with Crippen LogP contribution in [0.3, 0.4) is 0 Å². The Morgan fingerprint density at radius 3 is 2.72 bits per heavy atom. The average molecular weight is 401 g/mol. The van der Waals surface area contributed by atoms with Crippen LogP contribution in [0, 0.1) is 0 Å². The molecule has 2 N–H and O–H groups in total. The number of aromatic nitrogens is 5. The molecule has 0 fully saturated rings. The molecular formula is C21H15N5O2S. The van der Waals surface area contributed by atoms with Crippen molar-refractivity contribution in [3.05, 3.63) is 82.2 Å². The number of nitrogens with zero attached hydrogens (tertiary/aromatic N) is 3. The minimum Gasteiger partial charge on any atom is -0.449 e. The first-order chi connectivity index (χ1) is 14.3. The fourth-order valence-electron chi connectivity index (χ4n) is 2.99. The number of aromatic amines is 2. The monoisotopic (exact) mass is 401 g/mol. The van der Waals surface area contributed by atoms with E-state index in [1.165, 1.54) is 11.8 Å². The topological polar surface area (TPSA) is 100 Å².